The predicted octanol–water partition coefficient (Wildman–Crippen LogP) is 2.17. The first-order chi connectivity index (χ1) is 12.0. The normalized spacial score (nSPS) is 12.0. The smallest absolute Gasteiger partial charge is 0.315 e. The minimum absolute atomic E-state index is 0.260. The molecule has 0 bridgehead atoms. The number of nitrogens with one attached hydrogen (secondary N) is 3. The minimum Gasteiger partial charge on any atom is -0.334 e. The van der Waals surface area contributed by atoms with Gasteiger partial charge >= 0.3 is 6.03 Å². The van der Waals surface area contributed by atoms with E-state index in [1.165, 1.54) is 0 Å². The van der Waals surface area contributed by atoms with Gasteiger partial charge < -0.3 is 10.6 Å². The number of carbonyl (C=O) groups is 1. The monoisotopic (exact) mass is 339 g/mol. The zero-order valence-corrected chi connectivity index (χ0v) is 14.4. The van der Waals surface area contributed by atoms with Crippen LogP contribution in [0.3, 0.4) is 0 Å². The van der Waals surface area contributed by atoms with Crippen molar-refractivity contribution in [3.63, 3.8) is 0 Å². The zero-order valence-electron chi connectivity index (χ0n) is 14.4. The number of aromatic amines is 1. The number of amides is 2. The molecule has 3 rings (SSSR count). The summed E-state index contributed by atoms with van der Waals surface area (Å²) in [6.07, 6.45) is 1.81. The van der Waals surface area contributed by atoms with Crippen LogP contribution in [0, 0.1) is 13.8 Å². The molecule has 0 aliphatic heterocycles. The third-order valence-corrected chi connectivity index (χ3v) is 4.03. The Kier molecular flexibility index (Phi) is 4.78. The topological polar surface area (TPSA) is 101 Å². The molecule has 0 spiro atoms. The lowest BCUT2D eigenvalue weighted by Gasteiger charge is -2.12. The molecule has 0 saturated carbocycles. The predicted molar refractivity (Wildman–Crippen MR) is 93.2 cm³/mol. The molecule has 0 radical (unpaired) electrons. The number of urea groups is 1. The number of carbonyl (C=O) groups excluding carboxylic acids is 1. The van der Waals surface area contributed by atoms with Gasteiger partial charge in [-0.2, -0.15) is 5.10 Å². The molecule has 0 unspecified atom stereocenters. The number of para-hydroxylation sites is 1. The highest BCUT2D eigenvalue weighted by molar-refractivity contribution is 5.74. The lowest BCUT2D eigenvalue weighted by molar-refractivity contribution is 0.237. The Morgan fingerprint density at radius 2 is 2.04 bits per heavy atom. The van der Waals surface area contributed by atoms with E-state index in [1.54, 1.807) is 4.68 Å². The lowest BCUT2D eigenvalue weighted by atomic mass is 10.2. The molecule has 3 aromatic rings. The molecule has 130 valence electrons. The zero-order chi connectivity index (χ0) is 17.8. The summed E-state index contributed by atoms with van der Waals surface area (Å²) in [4.78, 5) is 12.1. The molecular formula is C17H21N7O. The minimum atomic E-state index is -0.262. The highest BCUT2D eigenvalue weighted by Crippen LogP contribution is 2.12. The molecular weight excluding hydrogens is 318 g/mol. The molecule has 3 N–H and O–H groups in total. The molecule has 0 aliphatic carbocycles. The molecule has 25 heavy (non-hydrogen) atoms. The van der Waals surface area contributed by atoms with Crippen molar-refractivity contribution in [3.05, 3.63) is 59.2 Å². The second-order valence-corrected chi connectivity index (χ2v) is 5.88. The van der Waals surface area contributed by atoms with Crippen LogP contribution in [0.1, 0.15) is 35.6 Å². The van der Waals surface area contributed by atoms with Gasteiger partial charge in [0, 0.05) is 17.8 Å². The summed E-state index contributed by atoms with van der Waals surface area (Å²) in [6.45, 7) is 6.12. The molecule has 0 aliphatic rings. The van der Waals surface area contributed by atoms with Crippen molar-refractivity contribution >= 4 is 6.03 Å². The van der Waals surface area contributed by atoms with Crippen molar-refractivity contribution in [2.24, 2.45) is 0 Å². The summed E-state index contributed by atoms with van der Waals surface area (Å²) in [6, 6.07) is 9.18. The fourth-order valence-electron chi connectivity index (χ4n) is 2.51. The van der Waals surface area contributed by atoms with Crippen LogP contribution in [0.15, 0.2) is 36.5 Å². The largest absolute Gasteiger partial charge is 0.334 e. The van der Waals surface area contributed by atoms with E-state index in [2.05, 4.69) is 31.1 Å². The van der Waals surface area contributed by atoms with E-state index in [1.807, 2.05) is 57.3 Å². The first kappa shape index (κ1) is 16.7. The van der Waals surface area contributed by atoms with Crippen molar-refractivity contribution in [1.29, 1.82) is 0 Å². The SMILES string of the molecule is Cc1n[nH]c(C)c1CNC(=O)N[C@@H](C)c1cn(-c2ccccc2)nn1. The van der Waals surface area contributed by atoms with Crippen molar-refractivity contribution in [2.45, 2.75) is 33.4 Å². The van der Waals surface area contributed by atoms with Crippen LogP contribution in [0.4, 0.5) is 4.79 Å². The van der Waals surface area contributed by atoms with Gasteiger partial charge in [0.1, 0.15) is 5.69 Å². The molecule has 1 atom stereocenters. The Hall–Kier alpha value is -3.16. The van der Waals surface area contributed by atoms with Crippen LogP contribution in [-0.4, -0.2) is 31.2 Å². The summed E-state index contributed by atoms with van der Waals surface area (Å²) < 4.78 is 1.68. The van der Waals surface area contributed by atoms with Gasteiger partial charge in [-0.05, 0) is 32.9 Å². The van der Waals surface area contributed by atoms with E-state index in [0.29, 0.717) is 12.2 Å². The Labute approximate surface area is 145 Å². The van der Waals surface area contributed by atoms with Gasteiger partial charge in [0.2, 0.25) is 0 Å². The highest BCUT2D eigenvalue weighted by atomic mass is 16.2. The second kappa shape index (κ2) is 7.16. The molecule has 8 nitrogen and oxygen atoms in total. The lowest BCUT2D eigenvalue weighted by Crippen LogP contribution is -2.36. The summed E-state index contributed by atoms with van der Waals surface area (Å²) in [5, 5.41) is 21.0. The molecule has 1 aromatic carbocycles. The highest BCUT2D eigenvalue weighted by Gasteiger charge is 2.14. The van der Waals surface area contributed by atoms with Gasteiger partial charge in [-0.1, -0.05) is 23.4 Å². The van der Waals surface area contributed by atoms with Gasteiger partial charge in [-0.15, -0.1) is 5.10 Å². The first-order valence-electron chi connectivity index (χ1n) is 8.07. The second-order valence-electron chi connectivity index (χ2n) is 5.88. The number of benzene rings is 1. The average molecular weight is 339 g/mol. The third-order valence-electron chi connectivity index (χ3n) is 4.03. The Balaban J connectivity index is 1.58. The number of rotatable bonds is 5. The fraction of sp³-hybridized carbons (Fsp3) is 0.294. The molecule has 8 heteroatoms. The number of hydrogen-bond acceptors (Lipinski definition) is 4. The molecule has 2 aromatic heterocycles. The maximum atomic E-state index is 12.1. The van der Waals surface area contributed by atoms with Crippen LogP contribution in [-0.2, 0) is 6.54 Å². The number of aryl methyl sites for hydroxylation is 2. The van der Waals surface area contributed by atoms with Crippen LogP contribution in [0.2, 0.25) is 0 Å². The number of hydrogen-bond donors (Lipinski definition) is 3. The van der Waals surface area contributed by atoms with E-state index in [9.17, 15) is 4.79 Å². The first-order valence-corrected chi connectivity index (χ1v) is 8.07. The summed E-state index contributed by atoms with van der Waals surface area (Å²) in [5.41, 5.74) is 4.45. The van der Waals surface area contributed by atoms with Gasteiger partial charge in [0.05, 0.1) is 23.6 Å². The van der Waals surface area contributed by atoms with Crippen LogP contribution >= 0.6 is 0 Å². The number of nitrogens with zero attached hydrogens (tertiary/aromatic N) is 4. The van der Waals surface area contributed by atoms with Gasteiger partial charge in [-0.3, -0.25) is 5.10 Å². The van der Waals surface area contributed by atoms with Gasteiger partial charge in [-0.25, -0.2) is 9.48 Å². The van der Waals surface area contributed by atoms with Gasteiger partial charge in [0.25, 0.3) is 0 Å². The third kappa shape index (κ3) is 3.85. The van der Waals surface area contributed by atoms with Crippen molar-refractivity contribution in [3.8, 4) is 5.69 Å². The Morgan fingerprint density at radius 3 is 2.72 bits per heavy atom. The number of H-pyrrole nitrogens is 1. The van der Waals surface area contributed by atoms with E-state index in [0.717, 1.165) is 22.6 Å². The molecule has 2 heterocycles. The van der Waals surface area contributed by atoms with E-state index in [4.69, 9.17) is 0 Å². The fourth-order valence-corrected chi connectivity index (χ4v) is 2.51. The maximum Gasteiger partial charge on any atom is 0.315 e. The van der Waals surface area contributed by atoms with Crippen molar-refractivity contribution in [1.82, 2.24) is 35.8 Å². The molecule has 0 saturated heterocycles. The summed E-state index contributed by atoms with van der Waals surface area (Å²) >= 11 is 0. The maximum absolute atomic E-state index is 12.1. The standard InChI is InChI=1S/C17H21N7O/c1-11-15(12(2)21-20-11)9-18-17(25)19-13(3)16-10-24(23-22-16)14-7-5-4-6-8-14/h4-8,10,13H,9H2,1-3H3,(H,20,21)(H2,18,19,25)/t13-/m0/s1. The van der Waals surface area contributed by atoms with E-state index in [-0.39, 0.29) is 12.1 Å². The Bertz CT molecular complexity index is 834. The van der Waals surface area contributed by atoms with E-state index >= 15 is 0 Å². The van der Waals surface area contributed by atoms with Crippen molar-refractivity contribution < 1.29 is 4.79 Å². The van der Waals surface area contributed by atoms with Crippen molar-refractivity contribution in [2.75, 3.05) is 0 Å². The summed E-state index contributed by atoms with van der Waals surface area (Å²) in [7, 11) is 0. The molecule has 0 fully saturated rings. The Morgan fingerprint density at radius 1 is 1.28 bits per heavy atom. The summed E-state index contributed by atoms with van der Waals surface area (Å²) in [5.74, 6) is 0. The van der Waals surface area contributed by atoms with E-state index < -0.39 is 0 Å². The van der Waals surface area contributed by atoms with Crippen LogP contribution < -0.4 is 10.6 Å². The van der Waals surface area contributed by atoms with Crippen LogP contribution in [0.5, 0.6) is 0 Å². The average Bonchev–Trinajstić information content (AvgIpc) is 3.22. The molecule has 2 amide bonds. The quantitative estimate of drug-likeness (QED) is 0.663. The van der Waals surface area contributed by atoms with Crippen LogP contribution in [0.25, 0.3) is 5.69 Å². The number of aromatic nitrogens is 5. The van der Waals surface area contributed by atoms with Gasteiger partial charge in [0.15, 0.2) is 0 Å².